The molecule has 5 nitrogen and oxygen atoms in total. The summed E-state index contributed by atoms with van der Waals surface area (Å²) in [6.07, 6.45) is 2.47. The Morgan fingerprint density at radius 3 is 2.75 bits per heavy atom. The smallest absolute Gasteiger partial charge is 0.339 e. The van der Waals surface area contributed by atoms with E-state index >= 15 is 0 Å². The summed E-state index contributed by atoms with van der Waals surface area (Å²) < 4.78 is 11.3. The molecule has 2 heterocycles. The zero-order valence-corrected chi connectivity index (χ0v) is 9.23. The van der Waals surface area contributed by atoms with Gasteiger partial charge in [0, 0.05) is 18.4 Å². The maximum atomic E-state index is 11.6. The molecule has 0 N–H and O–H groups in total. The monoisotopic (exact) mass is 223 g/mol. The van der Waals surface area contributed by atoms with Crippen molar-refractivity contribution in [3.63, 3.8) is 0 Å². The Hall–Kier alpha value is -1.78. The van der Waals surface area contributed by atoms with Gasteiger partial charge in [0.2, 0.25) is 0 Å². The number of carbonyl (C=O) groups excluding carboxylic acids is 2. The number of rotatable bonds is 2. The molecular weight excluding hydrogens is 210 g/mol. The van der Waals surface area contributed by atoms with Crippen LogP contribution in [0.1, 0.15) is 28.4 Å². The summed E-state index contributed by atoms with van der Waals surface area (Å²) in [5, 5.41) is 0. The summed E-state index contributed by atoms with van der Waals surface area (Å²) in [6.45, 7) is 0.728. The van der Waals surface area contributed by atoms with Crippen LogP contribution in [0.4, 0.5) is 0 Å². The van der Waals surface area contributed by atoms with E-state index in [1.54, 1.807) is 12.3 Å². The van der Waals surface area contributed by atoms with Gasteiger partial charge < -0.3 is 14.0 Å². The summed E-state index contributed by atoms with van der Waals surface area (Å²) in [5.41, 5.74) is 1.16. The molecule has 0 spiro atoms. The zero-order valence-electron chi connectivity index (χ0n) is 9.23. The Morgan fingerprint density at radius 2 is 2.12 bits per heavy atom. The third-order valence-electron chi connectivity index (χ3n) is 2.89. The standard InChI is InChI=1S/C11H13NO4/c1-15-10(13)7-3-5-12-6-4-8(9(7)12)11(14)16-2/h3,5,8H,4,6H2,1-2H3/t8-/m1/s1. The van der Waals surface area contributed by atoms with Crippen LogP contribution in [0.5, 0.6) is 0 Å². The number of aryl methyl sites for hydroxylation is 1. The lowest BCUT2D eigenvalue weighted by Gasteiger charge is -2.08. The maximum Gasteiger partial charge on any atom is 0.339 e. The average Bonchev–Trinajstić information content (AvgIpc) is 2.87. The SMILES string of the molecule is COC(=O)c1ccn2c1[C@H](C(=O)OC)CC2. The minimum Gasteiger partial charge on any atom is -0.469 e. The normalized spacial score (nSPS) is 18.0. The van der Waals surface area contributed by atoms with E-state index in [-0.39, 0.29) is 11.9 Å². The van der Waals surface area contributed by atoms with Gasteiger partial charge in [-0.2, -0.15) is 0 Å². The van der Waals surface area contributed by atoms with Gasteiger partial charge in [-0.1, -0.05) is 0 Å². The molecule has 0 fully saturated rings. The number of methoxy groups -OCH3 is 2. The number of carbonyl (C=O) groups is 2. The van der Waals surface area contributed by atoms with Crippen LogP contribution in [0, 0.1) is 0 Å². The second-order valence-electron chi connectivity index (χ2n) is 3.66. The second kappa shape index (κ2) is 4.00. The van der Waals surface area contributed by atoms with Crippen molar-refractivity contribution in [3.05, 3.63) is 23.5 Å². The van der Waals surface area contributed by atoms with Gasteiger partial charge in [-0.05, 0) is 12.5 Å². The molecule has 2 rings (SSSR count). The fourth-order valence-electron chi connectivity index (χ4n) is 2.13. The first-order chi connectivity index (χ1) is 7.69. The second-order valence-corrected chi connectivity index (χ2v) is 3.66. The van der Waals surface area contributed by atoms with Crippen LogP contribution in [0.3, 0.4) is 0 Å². The number of hydrogen-bond acceptors (Lipinski definition) is 4. The molecule has 0 unspecified atom stereocenters. The van der Waals surface area contributed by atoms with Crippen LogP contribution in [0.25, 0.3) is 0 Å². The Morgan fingerprint density at radius 1 is 1.38 bits per heavy atom. The molecule has 0 saturated carbocycles. The van der Waals surface area contributed by atoms with E-state index in [0.717, 1.165) is 6.54 Å². The van der Waals surface area contributed by atoms with Crippen LogP contribution in [0.2, 0.25) is 0 Å². The fraction of sp³-hybridized carbons (Fsp3) is 0.455. The summed E-state index contributed by atoms with van der Waals surface area (Å²) in [6, 6.07) is 1.68. The van der Waals surface area contributed by atoms with Crippen LogP contribution in [0.15, 0.2) is 12.3 Å². The average molecular weight is 223 g/mol. The molecule has 0 radical (unpaired) electrons. The molecule has 5 heteroatoms. The quantitative estimate of drug-likeness (QED) is 0.700. The highest BCUT2D eigenvalue weighted by molar-refractivity contribution is 5.93. The van der Waals surface area contributed by atoms with E-state index in [9.17, 15) is 9.59 Å². The topological polar surface area (TPSA) is 57.5 Å². The number of esters is 2. The van der Waals surface area contributed by atoms with E-state index < -0.39 is 5.97 Å². The van der Waals surface area contributed by atoms with Gasteiger partial charge in [0.1, 0.15) is 0 Å². The molecule has 1 aliphatic rings. The summed E-state index contributed by atoms with van der Waals surface area (Å²) in [4.78, 5) is 23.1. The molecule has 0 bridgehead atoms. The Bertz CT molecular complexity index is 435. The van der Waals surface area contributed by atoms with Crippen LogP contribution in [-0.2, 0) is 20.8 Å². The molecule has 1 aromatic heterocycles. The van der Waals surface area contributed by atoms with E-state index in [2.05, 4.69) is 4.74 Å². The van der Waals surface area contributed by atoms with Gasteiger partial charge in [-0.3, -0.25) is 4.79 Å². The van der Waals surface area contributed by atoms with Crippen molar-refractivity contribution in [2.45, 2.75) is 18.9 Å². The van der Waals surface area contributed by atoms with Crippen molar-refractivity contribution in [2.75, 3.05) is 14.2 Å². The number of aromatic nitrogens is 1. The molecular formula is C11H13NO4. The van der Waals surface area contributed by atoms with E-state index in [1.807, 2.05) is 4.57 Å². The molecule has 16 heavy (non-hydrogen) atoms. The number of ether oxygens (including phenoxy) is 2. The van der Waals surface area contributed by atoms with Gasteiger partial charge >= 0.3 is 11.9 Å². The molecule has 0 saturated heterocycles. The first-order valence-electron chi connectivity index (χ1n) is 5.04. The van der Waals surface area contributed by atoms with E-state index in [4.69, 9.17) is 4.74 Å². The highest BCUT2D eigenvalue weighted by Gasteiger charge is 2.34. The van der Waals surface area contributed by atoms with Gasteiger partial charge in [0.25, 0.3) is 0 Å². The highest BCUT2D eigenvalue weighted by atomic mass is 16.5. The van der Waals surface area contributed by atoms with Crippen molar-refractivity contribution in [1.29, 1.82) is 0 Å². The van der Waals surface area contributed by atoms with Crippen LogP contribution < -0.4 is 0 Å². The summed E-state index contributed by atoms with van der Waals surface area (Å²) >= 11 is 0. The van der Waals surface area contributed by atoms with Crippen molar-refractivity contribution >= 4 is 11.9 Å². The molecule has 1 aromatic rings. The molecule has 0 aromatic carbocycles. The lowest BCUT2D eigenvalue weighted by atomic mass is 10.0. The molecule has 1 atom stereocenters. The van der Waals surface area contributed by atoms with Crippen molar-refractivity contribution in [1.82, 2.24) is 4.57 Å². The Labute approximate surface area is 92.9 Å². The molecule has 1 aliphatic heterocycles. The van der Waals surface area contributed by atoms with Crippen LogP contribution >= 0.6 is 0 Å². The maximum absolute atomic E-state index is 11.6. The fourth-order valence-corrected chi connectivity index (χ4v) is 2.13. The van der Waals surface area contributed by atoms with E-state index in [0.29, 0.717) is 17.7 Å². The van der Waals surface area contributed by atoms with Crippen molar-refractivity contribution in [2.24, 2.45) is 0 Å². The predicted molar refractivity (Wildman–Crippen MR) is 55.1 cm³/mol. The van der Waals surface area contributed by atoms with Crippen LogP contribution in [-0.4, -0.2) is 30.7 Å². The summed E-state index contributed by atoms with van der Waals surface area (Å²) in [5.74, 6) is -1.07. The first-order valence-corrected chi connectivity index (χ1v) is 5.04. The van der Waals surface area contributed by atoms with Gasteiger partial charge in [-0.15, -0.1) is 0 Å². The predicted octanol–water partition coefficient (Wildman–Crippen LogP) is 0.935. The minimum absolute atomic E-state index is 0.303. The zero-order chi connectivity index (χ0) is 11.7. The first kappa shape index (κ1) is 10.7. The Balaban J connectivity index is 2.40. The lowest BCUT2D eigenvalue weighted by molar-refractivity contribution is -0.142. The van der Waals surface area contributed by atoms with Crippen molar-refractivity contribution in [3.8, 4) is 0 Å². The van der Waals surface area contributed by atoms with Gasteiger partial charge in [0.05, 0.1) is 25.7 Å². The third kappa shape index (κ3) is 1.48. The molecule has 0 amide bonds. The Kier molecular flexibility index (Phi) is 2.68. The minimum atomic E-state index is -0.412. The van der Waals surface area contributed by atoms with E-state index in [1.165, 1.54) is 14.2 Å². The summed E-state index contributed by atoms with van der Waals surface area (Å²) in [7, 11) is 2.68. The third-order valence-corrected chi connectivity index (χ3v) is 2.89. The molecule has 0 aliphatic carbocycles. The largest absolute Gasteiger partial charge is 0.469 e. The highest BCUT2D eigenvalue weighted by Crippen LogP contribution is 2.32. The molecule has 86 valence electrons. The van der Waals surface area contributed by atoms with Gasteiger partial charge in [-0.25, -0.2) is 4.79 Å². The van der Waals surface area contributed by atoms with Gasteiger partial charge in [0.15, 0.2) is 0 Å². The number of fused-ring (bicyclic) bond motifs is 1. The lowest BCUT2D eigenvalue weighted by Crippen LogP contribution is -2.15. The van der Waals surface area contributed by atoms with Crippen molar-refractivity contribution < 1.29 is 19.1 Å². The number of hydrogen-bond donors (Lipinski definition) is 0. The number of nitrogens with zero attached hydrogens (tertiary/aromatic N) is 1.